The van der Waals surface area contributed by atoms with E-state index in [-0.39, 0.29) is 41.2 Å². The maximum absolute atomic E-state index is 13.9. The summed E-state index contributed by atoms with van der Waals surface area (Å²) < 4.78 is 29.4. The van der Waals surface area contributed by atoms with Crippen LogP contribution in [0.4, 0.5) is 14.6 Å². The van der Waals surface area contributed by atoms with E-state index in [0.29, 0.717) is 28.7 Å². The van der Waals surface area contributed by atoms with Crippen LogP contribution in [-0.2, 0) is 22.1 Å². The number of Topliss-reactive ketones (excluding diaryl/α,β-unsaturated/α-hetero) is 1. The van der Waals surface area contributed by atoms with E-state index in [1.807, 2.05) is 26.0 Å². The van der Waals surface area contributed by atoms with Gasteiger partial charge in [0.1, 0.15) is 35.6 Å². The number of rotatable bonds is 7. The van der Waals surface area contributed by atoms with Crippen LogP contribution in [0.25, 0.3) is 22.0 Å². The lowest BCUT2D eigenvalue weighted by Crippen LogP contribution is -2.47. The molecule has 228 valence electrons. The molecular weight excluding hydrogens is 568 g/mol. The number of nitrogens with one attached hydrogen (secondary N) is 1. The Bertz CT molecular complexity index is 1850. The molecule has 1 aliphatic heterocycles. The van der Waals surface area contributed by atoms with Crippen molar-refractivity contribution >= 4 is 34.3 Å². The molecule has 4 heterocycles. The number of pyridine rings is 1. The summed E-state index contributed by atoms with van der Waals surface area (Å²) in [5, 5.41) is 7.87. The lowest BCUT2D eigenvalue weighted by molar-refractivity contribution is -0.138. The molecule has 1 N–H and O–H groups in total. The van der Waals surface area contributed by atoms with Crippen molar-refractivity contribution in [3.63, 3.8) is 0 Å². The summed E-state index contributed by atoms with van der Waals surface area (Å²) >= 11 is 0. The number of likely N-dealkylation sites (tertiary alicyclic amines) is 1. The maximum Gasteiger partial charge on any atom is 0.287 e. The molecule has 1 aromatic carbocycles. The van der Waals surface area contributed by atoms with Crippen molar-refractivity contribution in [3.8, 4) is 11.1 Å². The number of amides is 2. The van der Waals surface area contributed by atoms with E-state index in [4.69, 9.17) is 0 Å². The Kier molecular flexibility index (Phi) is 6.86. The van der Waals surface area contributed by atoms with Crippen molar-refractivity contribution in [2.45, 2.75) is 78.9 Å². The van der Waals surface area contributed by atoms with Crippen LogP contribution < -0.4 is 5.32 Å². The second-order valence-electron chi connectivity index (χ2n) is 12.4. The van der Waals surface area contributed by atoms with Gasteiger partial charge in [-0.3, -0.25) is 19.1 Å². The third-order valence-electron chi connectivity index (χ3n) is 8.78. The summed E-state index contributed by atoms with van der Waals surface area (Å²) in [6, 6.07) is 5.58. The molecule has 0 unspecified atom stereocenters. The first-order chi connectivity index (χ1) is 20.7. The van der Waals surface area contributed by atoms with E-state index in [1.165, 1.54) is 23.7 Å². The molecule has 2 fully saturated rings. The number of piperidine rings is 1. The Balaban J connectivity index is 1.30. The number of ketones is 1. The van der Waals surface area contributed by atoms with Gasteiger partial charge in [0.15, 0.2) is 5.78 Å². The number of fused-ring (bicyclic) bond motifs is 2. The first-order valence-corrected chi connectivity index (χ1v) is 14.5. The molecule has 12 heteroatoms. The van der Waals surface area contributed by atoms with Crippen LogP contribution in [0.3, 0.4) is 0 Å². The number of hydrogen-bond donors (Lipinski definition) is 1. The zero-order chi connectivity index (χ0) is 31.7. The lowest BCUT2D eigenvalue weighted by Gasteiger charge is -2.27. The Morgan fingerprint density at radius 3 is 2.41 bits per heavy atom. The zero-order valence-corrected chi connectivity index (χ0v) is 25.4. The largest absolute Gasteiger partial charge is 0.325 e. The van der Waals surface area contributed by atoms with Crippen molar-refractivity contribution in [3.05, 3.63) is 65.0 Å². The quantitative estimate of drug-likeness (QED) is 0.291. The van der Waals surface area contributed by atoms with E-state index >= 15 is 0 Å². The van der Waals surface area contributed by atoms with Crippen LogP contribution in [0.1, 0.15) is 66.7 Å². The fourth-order valence-corrected chi connectivity index (χ4v) is 6.28. The number of carbonyl (C=O) groups is 3. The summed E-state index contributed by atoms with van der Waals surface area (Å²) in [5.74, 6) is -3.52. The van der Waals surface area contributed by atoms with Crippen molar-refractivity contribution in [1.82, 2.24) is 29.6 Å². The van der Waals surface area contributed by atoms with Crippen LogP contribution in [-0.4, -0.2) is 59.3 Å². The molecule has 2 amide bonds. The highest BCUT2D eigenvalue weighted by atomic mass is 19.3. The fourth-order valence-electron chi connectivity index (χ4n) is 6.28. The number of hydrogen-bond acceptors (Lipinski definition) is 7. The number of carbonyl (C=O) groups excluding carboxylic acids is 3. The summed E-state index contributed by atoms with van der Waals surface area (Å²) in [6.07, 6.45) is 4.64. The number of aryl methyl sites for hydroxylation is 3. The smallest absolute Gasteiger partial charge is 0.287 e. The first-order valence-electron chi connectivity index (χ1n) is 14.5. The molecule has 0 bridgehead atoms. The minimum absolute atomic E-state index is 0.0433. The van der Waals surface area contributed by atoms with Crippen molar-refractivity contribution in [2.75, 3.05) is 5.32 Å². The highest BCUT2D eigenvalue weighted by Crippen LogP contribution is 2.59. The lowest BCUT2D eigenvalue weighted by atomic mass is 10.0. The van der Waals surface area contributed by atoms with Gasteiger partial charge in [-0.15, -0.1) is 0 Å². The number of anilines is 1. The summed E-state index contributed by atoms with van der Waals surface area (Å²) in [6.45, 7) is 9.40. The molecule has 0 radical (unpaired) electrons. The molecule has 4 aromatic rings. The predicted molar refractivity (Wildman–Crippen MR) is 159 cm³/mol. The summed E-state index contributed by atoms with van der Waals surface area (Å²) in [4.78, 5) is 54.3. The normalized spacial score (nSPS) is 21.0. The van der Waals surface area contributed by atoms with Gasteiger partial charge in [0.2, 0.25) is 11.8 Å². The van der Waals surface area contributed by atoms with Gasteiger partial charge in [-0.05, 0) is 73.9 Å². The molecule has 0 spiro atoms. The number of aromatic nitrogens is 5. The minimum Gasteiger partial charge on any atom is -0.325 e. The molecular formula is C32H33F2N7O3. The zero-order valence-electron chi connectivity index (χ0n) is 25.4. The van der Waals surface area contributed by atoms with Gasteiger partial charge in [-0.2, -0.15) is 13.9 Å². The Morgan fingerprint density at radius 1 is 1.05 bits per heavy atom. The molecule has 3 aromatic heterocycles. The van der Waals surface area contributed by atoms with Crippen LogP contribution in [0.5, 0.6) is 0 Å². The number of benzene rings is 1. The molecule has 1 saturated carbocycles. The first kappa shape index (κ1) is 29.5. The monoisotopic (exact) mass is 601 g/mol. The van der Waals surface area contributed by atoms with E-state index < -0.39 is 23.6 Å². The van der Waals surface area contributed by atoms with E-state index in [9.17, 15) is 23.2 Å². The molecule has 1 saturated heterocycles. The third kappa shape index (κ3) is 5.11. The Morgan fingerprint density at radius 2 is 1.75 bits per heavy atom. The van der Waals surface area contributed by atoms with Crippen molar-refractivity contribution in [2.24, 2.45) is 5.41 Å². The number of halogens is 2. The third-order valence-corrected chi connectivity index (χ3v) is 8.78. The Labute approximate surface area is 252 Å². The standard InChI is InChI=1S/C32H33F2N7O3/c1-16-7-8-24(32(6,33)34)37-29(16)38-30(44)23-11-31(5)12-25(31)41(23)26(43)15-40-28-17(2)9-20(21-13-35-19(4)36-14-21)10-22(28)27(39-40)18(3)42/h7-10,13-14,23,25H,11-12,15H2,1-6H3,(H,37,38,44)/t23-,25+,31-/m0/s1. The second kappa shape index (κ2) is 10.2. The molecule has 10 nitrogen and oxygen atoms in total. The summed E-state index contributed by atoms with van der Waals surface area (Å²) in [5.41, 5.74) is 3.18. The van der Waals surface area contributed by atoms with Crippen LogP contribution in [0.15, 0.2) is 36.7 Å². The van der Waals surface area contributed by atoms with Crippen molar-refractivity contribution in [1.29, 1.82) is 0 Å². The van der Waals surface area contributed by atoms with Gasteiger partial charge in [0.05, 0.1) is 5.52 Å². The molecule has 44 heavy (non-hydrogen) atoms. The Hall–Kier alpha value is -4.61. The average Bonchev–Trinajstić information content (AvgIpc) is 3.30. The SMILES string of the molecule is CC(=O)c1nn(CC(=O)N2[C@H](C(=O)Nc3nc(C(C)(F)F)ccc3C)C[C@@]3(C)C[C@@H]23)c2c(C)cc(-c3cnc(C)nc3)cc12. The molecule has 6 rings (SSSR count). The highest BCUT2D eigenvalue weighted by molar-refractivity contribution is 6.07. The van der Waals surface area contributed by atoms with Crippen LogP contribution >= 0.6 is 0 Å². The van der Waals surface area contributed by atoms with Crippen molar-refractivity contribution < 1.29 is 23.2 Å². The minimum atomic E-state index is -3.17. The van der Waals surface area contributed by atoms with Crippen LogP contribution in [0.2, 0.25) is 0 Å². The van der Waals surface area contributed by atoms with E-state index in [0.717, 1.165) is 30.0 Å². The predicted octanol–water partition coefficient (Wildman–Crippen LogP) is 5.15. The number of alkyl halides is 2. The van der Waals surface area contributed by atoms with Gasteiger partial charge in [-0.1, -0.05) is 13.0 Å². The molecule has 1 aliphatic carbocycles. The number of nitrogens with zero attached hydrogens (tertiary/aromatic N) is 6. The van der Waals surface area contributed by atoms with Gasteiger partial charge in [0, 0.05) is 43.2 Å². The van der Waals surface area contributed by atoms with E-state index in [2.05, 4.69) is 25.4 Å². The maximum atomic E-state index is 13.9. The topological polar surface area (TPSA) is 123 Å². The summed E-state index contributed by atoms with van der Waals surface area (Å²) in [7, 11) is 0. The average molecular weight is 602 g/mol. The van der Waals surface area contributed by atoms with Gasteiger partial charge in [-0.25, -0.2) is 15.0 Å². The second-order valence-corrected chi connectivity index (χ2v) is 12.4. The molecule has 3 atom stereocenters. The van der Waals surface area contributed by atoms with Gasteiger partial charge in [0.25, 0.3) is 5.92 Å². The molecule has 2 aliphatic rings. The highest BCUT2D eigenvalue weighted by Gasteiger charge is 2.64. The van der Waals surface area contributed by atoms with Crippen LogP contribution in [0, 0.1) is 26.2 Å². The fraction of sp³-hybridized carbons (Fsp3) is 0.406. The van der Waals surface area contributed by atoms with E-state index in [1.54, 1.807) is 31.1 Å². The van der Waals surface area contributed by atoms with Gasteiger partial charge < -0.3 is 10.2 Å². The van der Waals surface area contributed by atoms with Gasteiger partial charge >= 0.3 is 0 Å².